The predicted octanol–water partition coefficient (Wildman–Crippen LogP) is 0.0574. The van der Waals surface area contributed by atoms with Gasteiger partial charge in [0.25, 0.3) is 0 Å². The van der Waals surface area contributed by atoms with Crippen LogP contribution in [0.2, 0.25) is 0 Å². The molecule has 0 spiro atoms. The molecule has 0 aromatic heterocycles. The molecular weight excluding hydrogens is 130 g/mol. The highest BCUT2D eigenvalue weighted by Crippen LogP contribution is 1.93. The molecule has 0 bridgehead atoms. The van der Waals surface area contributed by atoms with Crippen molar-refractivity contribution < 1.29 is 9.53 Å². The van der Waals surface area contributed by atoms with E-state index in [1.54, 1.807) is 0 Å². The average Bonchev–Trinajstić information content (AvgIpc) is 1.89. The van der Waals surface area contributed by atoms with Crippen molar-refractivity contribution in [2.24, 2.45) is 5.92 Å². The molecule has 0 aromatic carbocycles. The van der Waals surface area contributed by atoms with Crippen LogP contribution < -0.4 is 5.32 Å². The number of ketones is 1. The largest absolute Gasteiger partial charge is 0.377 e. The van der Waals surface area contributed by atoms with Gasteiger partial charge in [-0.2, -0.15) is 0 Å². The van der Waals surface area contributed by atoms with Gasteiger partial charge in [0, 0.05) is 19.6 Å². The number of nitrogens with one attached hydrogen (secondary N) is 1. The lowest BCUT2D eigenvalue weighted by Crippen LogP contribution is -2.26. The third-order valence-corrected chi connectivity index (χ3v) is 1.35. The van der Waals surface area contributed by atoms with Crippen LogP contribution in [0.4, 0.5) is 0 Å². The molecule has 0 aliphatic rings. The first-order valence-corrected chi connectivity index (χ1v) is 3.38. The third kappa shape index (κ3) is 3.58. The molecule has 0 amide bonds. The summed E-state index contributed by atoms with van der Waals surface area (Å²) >= 11 is 0. The number of carbonyl (C=O) groups is 1. The van der Waals surface area contributed by atoms with Gasteiger partial charge in [-0.15, -0.1) is 0 Å². The molecule has 0 rings (SSSR count). The number of hydrogen-bond acceptors (Lipinski definition) is 3. The van der Waals surface area contributed by atoms with E-state index in [2.05, 4.69) is 5.32 Å². The predicted molar refractivity (Wildman–Crippen MR) is 40.0 cm³/mol. The fourth-order valence-electron chi connectivity index (χ4n) is 0.705. The summed E-state index contributed by atoms with van der Waals surface area (Å²) in [5, 5.41) is 2.93. The van der Waals surface area contributed by atoms with Crippen LogP contribution >= 0.6 is 0 Å². The Labute approximate surface area is 61.8 Å². The molecule has 0 saturated heterocycles. The molecule has 60 valence electrons. The van der Waals surface area contributed by atoms with Crippen LogP contribution in [-0.4, -0.2) is 33.1 Å². The van der Waals surface area contributed by atoms with Crippen LogP contribution in [0.1, 0.15) is 6.92 Å². The maximum Gasteiger partial charge on any atom is 0.162 e. The van der Waals surface area contributed by atoms with Gasteiger partial charge < -0.3 is 10.1 Å². The molecule has 0 aliphatic carbocycles. The molecule has 0 aliphatic heterocycles. The zero-order valence-electron chi connectivity index (χ0n) is 6.81. The lowest BCUT2D eigenvalue weighted by molar-refractivity contribution is -0.125. The molecular formula is C7H15NO2. The lowest BCUT2D eigenvalue weighted by Gasteiger charge is -2.07. The van der Waals surface area contributed by atoms with Crippen molar-refractivity contribution in [3.05, 3.63) is 0 Å². The van der Waals surface area contributed by atoms with Gasteiger partial charge >= 0.3 is 0 Å². The van der Waals surface area contributed by atoms with E-state index in [-0.39, 0.29) is 18.3 Å². The molecule has 3 nitrogen and oxygen atoms in total. The van der Waals surface area contributed by atoms with Crippen molar-refractivity contribution in [1.29, 1.82) is 0 Å². The maximum atomic E-state index is 11.0. The monoisotopic (exact) mass is 145 g/mol. The number of hydrogen-bond donors (Lipinski definition) is 1. The van der Waals surface area contributed by atoms with Gasteiger partial charge in [0.1, 0.15) is 6.61 Å². The Morgan fingerprint density at radius 3 is 2.70 bits per heavy atom. The van der Waals surface area contributed by atoms with Crippen LogP contribution in [0.5, 0.6) is 0 Å². The molecule has 0 heterocycles. The van der Waals surface area contributed by atoms with Gasteiger partial charge in [-0.1, -0.05) is 6.92 Å². The number of Topliss-reactive ketones (excluding diaryl/α,β-unsaturated/α-hetero) is 1. The van der Waals surface area contributed by atoms with Crippen LogP contribution in [-0.2, 0) is 9.53 Å². The first-order valence-electron chi connectivity index (χ1n) is 3.38. The summed E-state index contributed by atoms with van der Waals surface area (Å²) < 4.78 is 4.69. The smallest absolute Gasteiger partial charge is 0.162 e. The zero-order chi connectivity index (χ0) is 7.98. The molecule has 0 aromatic rings. The van der Waals surface area contributed by atoms with Gasteiger partial charge in [0.2, 0.25) is 0 Å². The summed E-state index contributed by atoms with van der Waals surface area (Å²) in [5.41, 5.74) is 0. The topological polar surface area (TPSA) is 38.3 Å². The van der Waals surface area contributed by atoms with Crippen molar-refractivity contribution in [2.75, 3.05) is 27.3 Å². The Hall–Kier alpha value is -0.410. The Morgan fingerprint density at radius 1 is 1.70 bits per heavy atom. The lowest BCUT2D eigenvalue weighted by atomic mass is 10.1. The second-order valence-corrected chi connectivity index (χ2v) is 2.36. The molecule has 1 unspecified atom stereocenters. The molecule has 3 heteroatoms. The first kappa shape index (κ1) is 9.59. The van der Waals surface area contributed by atoms with E-state index >= 15 is 0 Å². The highest BCUT2D eigenvalue weighted by Gasteiger charge is 2.10. The minimum atomic E-state index is 0.0601. The second kappa shape index (κ2) is 5.38. The van der Waals surface area contributed by atoms with Gasteiger partial charge in [0.15, 0.2) is 5.78 Å². The third-order valence-electron chi connectivity index (χ3n) is 1.35. The summed E-state index contributed by atoms with van der Waals surface area (Å²) in [6, 6.07) is 0. The summed E-state index contributed by atoms with van der Waals surface area (Å²) in [6.07, 6.45) is 0. The molecule has 0 saturated carbocycles. The Kier molecular flexibility index (Phi) is 5.16. The minimum absolute atomic E-state index is 0.0601. The zero-order valence-corrected chi connectivity index (χ0v) is 6.81. The van der Waals surface area contributed by atoms with Crippen molar-refractivity contribution in [1.82, 2.24) is 5.32 Å². The van der Waals surface area contributed by atoms with E-state index in [4.69, 9.17) is 4.74 Å². The Balaban J connectivity index is 3.49. The summed E-state index contributed by atoms with van der Waals surface area (Å²) in [6.45, 7) is 2.84. The number of ether oxygens (including phenoxy) is 1. The summed E-state index contributed by atoms with van der Waals surface area (Å²) in [4.78, 5) is 11.0. The quantitative estimate of drug-likeness (QED) is 0.594. The van der Waals surface area contributed by atoms with E-state index in [1.807, 2.05) is 14.0 Å². The first-order chi connectivity index (χ1) is 4.72. The minimum Gasteiger partial charge on any atom is -0.377 e. The fourth-order valence-corrected chi connectivity index (χ4v) is 0.705. The summed E-state index contributed by atoms with van der Waals surface area (Å²) in [7, 11) is 3.36. The van der Waals surface area contributed by atoms with E-state index in [9.17, 15) is 4.79 Å². The van der Waals surface area contributed by atoms with Crippen LogP contribution in [0.15, 0.2) is 0 Å². The molecule has 0 fully saturated rings. The van der Waals surface area contributed by atoms with Crippen LogP contribution in [0.3, 0.4) is 0 Å². The maximum absolute atomic E-state index is 11.0. The average molecular weight is 145 g/mol. The Morgan fingerprint density at radius 2 is 2.30 bits per heavy atom. The SMILES string of the molecule is CNCC(C)C(=O)COC. The van der Waals surface area contributed by atoms with E-state index in [0.717, 1.165) is 6.54 Å². The highest BCUT2D eigenvalue weighted by molar-refractivity contribution is 5.82. The number of methoxy groups -OCH3 is 1. The van der Waals surface area contributed by atoms with Crippen molar-refractivity contribution >= 4 is 5.78 Å². The molecule has 1 atom stereocenters. The summed E-state index contributed by atoms with van der Waals surface area (Å²) in [5.74, 6) is 0.210. The highest BCUT2D eigenvalue weighted by atomic mass is 16.5. The molecule has 1 N–H and O–H groups in total. The normalized spacial score (nSPS) is 13.1. The van der Waals surface area contributed by atoms with E-state index in [0.29, 0.717) is 0 Å². The number of rotatable bonds is 5. The van der Waals surface area contributed by atoms with Crippen molar-refractivity contribution in [3.63, 3.8) is 0 Å². The second-order valence-electron chi connectivity index (χ2n) is 2.36. The van der Waals surface area contributed by atoms with Crippen molar-refractivity contribution in [3.8, 4) is 0 Å². The van der Waals surface area contributed by atoms with E-state index < -0.39 is 0 Å². The fraction of sp³-hybridized carbons (Fsp3) is 0.857. The van der Waals surface area contributed by atoms with Crippen LogP contribution in [0.25, 0.3) is 0 Å². The van der Waals surface area contributed by atoms with E-state index in [1.165, 1.54) is 7.11 Å². The van der Waals surface area contributed by atoms with Crippen molar-refractivity contribution in [2.45, 2.75) is 6.92 Å². The van der Waals surface area contributed by atoms with Gasteiger partial charge in [-0.3, -0.25) is 4.79 Å². The van der Waals surface area contributed by atoms with Gasteiger partial charge in [0.05, 0.1) is 0 Å². The Bertz CT molecular complexity index is 104. The van der Waals surface area contributed by atoms with Gasteiger partial charge in [-0.25, -0.2) is 0 Å². The number of carbonyl (C=O) groups excluding carboxylic acids is 1. The molecule has 0 radical (unpaired) electrons. The molecule has 10 heavy (non-hydrogen) atoms. The van der Waals surface area contributed by atoms with Gasteiger partial charge in [-0.05, 0) is 7.05 Å². The standard InChI is InChI=1S/C7H15NO2/c1-6(4-8-2)7(9)5-10-3/h6,8H,4-5H2,1-3H3. The van der Waals surface area contributed by atoms with Crippen LogP contribution in [0, 0.1) is 5.92 Å².